The molecule has 112 valence electrons. The number of benzene rings is 1. The van der Waals surface area contributed by atoms with Crippen molar-refractivity contribution in [1.82, 2.24) is 4.90 Å². The Bertz CT molecular complexity index is 603. The quantitative estimate of drug-likeness (QED) is 0.473. The number of carbonyl (C=O) groups excluding carboxylic acids is 3. The summed E-state index contributed by atoms with van der Waals surface area (Å²) in [4.78, 5) is 36.2. The molecule has 0 bridgehead atoms. The molecule has 1 amide bonds. The maximum atomic E-state index is 13.1. The average molecular weight is 297 g/mol. The molecule has 1 aromatic rings. The van der Waals surface area contributed by atoms with E-state index in [1.54, 1.807) is 6.92 Å². The predicted molar refractivity (Wildman–Crippen MR) is 66.9 cm³/mol. The molecule has 1 aliphatic rings. The van der Waals surface area contributed by atoms with Crippen LogP contribution in [0.1, 0.15) is 12.5 Å². The van der Waals surface area contributed by atoms with Gasteiger partial charge in [0.1, 0.15) is 5.92 Å². The number of hydrogen-bond donors (Lipinski definition) is 0. The summed E-state index contributed by atoms with van der Waals surface area (Å²) in [7, 11) is 0. The SMILES string of the molecule is CCOC(=O)C1CN(Cc2ccc(F)c(F)c2)C(=O)C1=O. The molecule has 0 aromatic heterocycles. The summed E-state index contributed by atoms with van der Waals surface area (Å²) in [6, 6.07) is 3.20. The molecular weight excluding hydrogens is 284 g/mol. The van der Waals surface area contributed by atoms with E-state index < -0.39 is 35.2 Å². The fourth-order valence-electron chi connectivity index (χ4n) is 2.11. The summed E-state index contributed by atoms with van der Waals surface area (Å²) in [6.45, 7) is 1.52. The molecule has 7 heteroatoms. The number of halogens is 2. The van der Waals surface area contributed by atoms with Gasteiger partial charge in [0.05, 0.1) is 6.61 Å². The summed E-state index contributed by atoms with van der Waals surface area (Å²) < 4.78 is 30.7. The van der Waals surface area contributed by atoms with Gasteiger partial charge >= 0.3 is 5.97 Å². The minimum atomic E-state index is -1.15. The third-order valence-corrected chi connectivity index (χ3v) is 3.15. The van der Waals surface area contributed by atoms with E-state index in [4.69, 9.17) is 4.74 Å². The lowest BCUT2D eigenvalue weighted by atomic mass is 10.1. The minimum Gasteiger partial charge on any atom is -0.465 e. The first-order chi connectivity index (χ1) is 9.93. The molecule has 1 fully saturated rings. The Kier molecular flexibility index (Phi) is 4.30. The topological polar surface area (TPSA) is 63.7 Å². The molecule has 1 heterocycles. The highest BCUT2D eigenvalue weighted by Crippen LogP contribution is 2.19. The molecule has 21 heavy (non-hydrogen) atoms. The van der Waals surface area contributed by atoms with Crippen LogP contribution in [0.25, 0.3) is 0 Å². The van der Waals surface area contributed by atoms with Gasteiger partial charge in [-0.05, 0) is 24.6 Å². The monoisotopic (exact) mass is 297 g/mol. The van der Waals surface area contributed by atoms with E-state index in [1.807, 2.05) is 0 Å². The molecule has 0 saturated carbocycles. The third kappa shape index (κ3) is 3.07. The zero-order chi connectivity index (χ0) is 15.6. The number of hydrogen-bond acceptors (Lipinski definition) is 4. The second-order valence-electron chi connectivity index (χ2n) is 4.60. The first-order valence-corrected chi connectivity index (χ1v) is 6.37. The van der Waals surface area contributed by atoms with E-state index in [9.17, 15) is 23.2 Å². The van der Waals surface area contributed by atoms with E-state index in [1.165, 1.54) is 6.07 Å². The Balaban J connectivity index is 2.11. The number of rotatable bonds is 4. The number of ketones is 1. The van der Waals surface area contributed by atoms with Gasteiger partial charge in [-0.25, -0.2) is 8.78 Å². The van der Waals surface area contributed by atoms with E-state index in [0.29, 0.717) is 5.56 Å². The van der Waals surface area contributed by atoms with Gasteiger partial charge in [-0.2, -0.15) is 0 Å². The van der Waals surface area contributed by atoms with E-state index in [-0.39, 0.29) is 19.7 Å². The number of carbonyl (C=O) groups is 3. The minimum absolute atomic E-state index is 0.0717. The van der Waals surface area contributed by atoms with Crippen LogP contribution in [0.3, 0.4) is 0 Å². The van der Waals surface area contributed by atoms with E-state index in [2.05, 4.69) is 0 Å². The number of likely N-dealkylation sites (tertiary alicyclic amines) is 1. The highest BCUT2D eigenvalue weighted by atomic mass is 19.2. The van der Waals surface area contributed by atoms with Gasteiger partial charge in [-0.1, -0.05) is 6.07 Å². The summed E-state index contributed by atoms with van der Waals surface area (Å²) in [6.07, 6.45) is 0. The lowest BCUT2D eigenvalue weighted by Crippen LogP contribution is -2.26. The third-order valence-electron chi connectivity index (χ3n) is 3.15. The van der Waals surface area contributed by atoms with Crippen molar-refractivity contribution in [2.45, 2.75) is 13.5 Å². The Hall–Kier alpha value is -2.31. The van der Waals surface area contributed by atoms with Crippen LogP contribution in [-0.2, 0) is 25.7 Å². The first-order valence-electron chi connectivity index (χ1n) is 6.37. The van der Waals surface area contributed by atoms with Crippen LogP contribution in [0.15, 0.2) is 18.2 Å². The van der Waals surface area contributed by atoms with Crippen molar-refractivity contribution in [3.63, 3.8) is 0 Å². The summed E-state index contributed by atoms with van der Waals surface area (Å²) in [5.74, 6) is -5.58. The van der Waals surface area contributed by atoms with Gasteiger partial charge in [0.15, 0.2) is 11.6 Å². The van der Waals surface area contributed by atoms with Gasteiger partial charge in [-0.15, -0.1) is 0 Å². The molecule has 1 unspecified atom stereocenters. The van der Waals surface area contributed by atoms with Crippen molar-refractivity contribution < 1.29 is 27.9 Å². The van der Waals surface area contributed by atoms with Crippen molar-refractivity contribution >= 4 is 17.7 Å². The second kappa shape index (κ2) is 5.99. The zero-order valence-electron chi connectivity index (χ0n) is 11.3. The average Bonchev–Trinajstić information content (AvgIpc) is 2.72. The Morgan fingerprint density at radius 1 is 1.33 bits per heavy atom. The molecular formula is C14H13F2NO4. The Morgan fingerprint density at radius 3 is 2.67 bits per heavy atom. The van der Waals surface area contributed by atoms with Crippen LogP contribution in [0.2, 0.25) is 0 Å². The van der Waals surface area contributed by atoms with Crippen LogP contribution < -0.4 is 0 Å². The van der Waals surface area contributed by atoms with Crippen molar-refractivity contribution in [1.29, 1.82) is 0 Å². The number of ether oxygens (including phenoxy) is 1. The molecule has 0 N–H and O–H groups in total. The van der Waals surface area contributed by atoms with Crippen LogP contribution >= 0.6 is 0 Å². The highest BCUT2D eigenvalue weighted by Gasteiger charge is 2.43. The first kappa shape index (κ1) is 15.1. The van der Waals surface area contributed by atoms with Crippen LogP contribution in [0.4, 0.5) is 8.78 Å². The van der Waals surface area contributed by atoms with Gasteiger partial charge in [-0.3, -0.25) is 14.4 Å². The maximum Gasteiger partial charge on any atom is 0.318 e. The Labute approximate surface area is 119 Å². The fraction of sp³-hybridized carbons (Fsp3) is 0.357. The number of esters is 1. The zero-order valence-corrected chi connectivity index (χ0v) is 11.3. The van der Waals surface area contributed by atoms with Gasteiger partial charge < -0.3 is 9.64 Å². The number of nitrogens with zero attached hydrogens (tertiary/aromatic N) is 1. The fourth-order valence-corrected chi connectivity index (χ4v) is 2.11. The molecule has 5 nitrogen and oxygen atoms in total. The largest absolute Gasteiger partial charge is 0.465 e. The van der Waals surface area contributed by atoms with Gasteiger partial charge in [0, 0.05) is 13.1 Å². The van der Waals surface area contributed by atoms with Gasteiger partial charge in [0.2, 0.25) is 5.78 Å². The number of Topliss-reactive ketones (excluding diaryl/α,β-unsaturated/α-hetero) is 1. The molecule has 1 aliphatic heterocycles. The van der Waals surface area contributed by atoms with Crippen molar-refractivity contribution in [3.8, 4) is 0 Å². The molecule has 0 radical (unpaired) electrons. The van der Waals surface area contributed by atoms with Crippen LogP contribution in [0.5, 0.6) is 0 Å². The van der Waals surface area contributed by atoms with Crippen molar-refractivity contribution in [2.24, 2.45) is 5.92 Å². The van der Waals surface area contributed by atoms with E-state index >= 15 is 0 Å². The lowest BCUT2D eigenvalue weighted by molar-refractivity contribution is -0.151. The molecule has 0 spiro atoms. The Morgan fingerprint density at radius 2 is 2.05 bits per heavy atom. The van der Waals surface area contributed by atoms with E-state index in [0.717, 1.165) is 17.0 Å². The van der Waals surface area contributed by atoms with Crippen LogP contribution in [0, 0.1) is 17.6 Å². The van der Waals surface area contributed by atoms with Crippen LogP contribution in [-0.4, -0.2) is 35.7 Å². The van der Waals surface area contributed by atoms with Gasteiger partial charge in [0.25, 0.3) is 5.91 Å². The molecule has 1 aromatic carbocycles. The molecule has 0 aliphatic carbocycles. The second-order valence-corrected chi connectivity index (χ2v) is 4.60. The normalized spacial score (nSPS) is 18.2. The smallest absolute Gasteiger partial charge is 0.318 e. The maximum absolute atomic E-state index is 13.1. The standard InChI is InChI=1S/C14H13F2NO4/c1-2-21-14(20)9-7-17(13(19)12(9)18)6-8-3-4-10(15)11(16)5-8/h3-5,9H,2,6-7H2,1H3. The molecule has 2 rings (SSSR count). The highest BCUT2D eigenvalue weighted by molar-refractivity contribution is 6.42. The van der Waals surface area contributed by atoms with Crippen molar-refractivity contribution in [3.05, 3.63) is 35.4 Å². The van der Waals surface area contributed by atoms with Crippen molar-refractivity contribution in [2.75, 3.05) is 13.2 Å². The number of amides is 1. The molecule has 1 atom stereocenters. The predicted octanol–water partition coefficient (Wildman–Crippen LogP) is 1.06. The molecule has 1 saturated heterocycles. The summed E-state index contributed by atoms with van der Waals surface area (Å²) >= 11 is 0. The summed E-state index contributed by atoms with van der Waals surface area (Å²) in [5.41, 5.74) is 0.333. The lowest BCUT2D eigenvalue weighted by Gasteiger charge is -2.15. The summed E-state index contributed by atoms with van der Waals surface area (Å²) in [5, 5.41) is 0.